The normalized spacial score (nSPS) is 13.7. The van der Waals surface area contributed by atoms with Crippen LogP contribution >= 0.6 is 11.8 Å². The van der Waals surface area contributed by atoms with E-state index in [4.69, 9.17) is 15.9 Å². The van der Waals surface area contributed by atoms with Crippen LogP contribution in [-0.2, 0) is 0 Å². The van der Waals surface area contributed by atoms with Crippen molar-refractivity contribution in [3.05, 3.63) is 0 Å². The Morgan fingerprint density at radius 2 is 2.11 bits per heavy atom. The van der Waals surface area contributed by atoms with E-state index in [1.807, 2.05) is 0 Å². The summed E-state index contributed by atoms with van der Waals surface area (Å²) >= 11 is 1.59. The molecule has 0 spiro atoms. The largest absolute Gasteiger partial charge is 0.396 e. The third-order valence-corrected chi connectivity index (χ3v) is 1.79. The van der Waals surface area contributed by atoms with E-state index < -0.39 is 6.23 Å². The second-order valence-corrected chi connectivity index (χ2v) is 2.92. The molecular weight excluding hydrogens is 138 g/mol. The minimum absolute atomic E-state index is 0.200. The summed E-state index contributed by atoms with van der Waals surface area (Å²) in [6.45, 7) is 0.200. The Kier molecular flexibility index (Phi) is 6.51. The predicted octanol–water partition coefficient (Wildman–Crippen LogP) is -0.621. The van der Waals surface area contributed by atoms with Gasteiger partial charge in [0.2, 0.25) is 0 Å². The zero-order chi connectivity index (χ0) is 7.11. The highest BCUT2D eigenvalue weighted by molar-refractivity contribution is 7.99. The van der Waals surface area contributed by atoms with E-state index >= 15 is 0 Å². The lowest BCUT2D eigenvalue weighted by Gasteiger charge is -2.01. The average Bonchev–Trinajstić information content (AvgIpc) is 1.80. The van der Waals surface area contributed by atoms with Gasteiger partial charge in [0, 0.05) is 5.75 Å². The second kappa shape index (κ2) is 6.35. The van der Waals surface area contributed by atoms with Crippen LogP contribution in [0.1, 0.15) is 6.42 Å². The van der Waals surface area contributed by atoms with Gasteiger partial charge in [-0.3, -0.25) is 0 Å². The molecule has 0 aromatic rings. The van der Waals surface area contributed by atoms with E-state index in [-0.39, 0.29) is 6.61 Å². The number of rotatable bonds is 5. The van der Waals surface area contributed by atoms with Gasteiger partial charge < -0.3 is 15.9 Å². The zero-order valence-electron chi connectivity index (χ0n) is 5.29. The van der Waals surface area contributed by atoms with Gasteiger partial charge in [0.1, 0.15) is 6.23 Å². The van der Waals surface area contributed by atoms with Crippen molar-refractivity contribution in [3.63, 3.8) is 0 Å². The van der Waals surface area contributed by atoms with E-state index in [2.05, 4.69) is 0 Å². The Labute approximate surface area is 59.3 Å². The van der Waals surface area contributed by atoms with Crippen LogP contribution in [0, 0.1) is 0 Å². The predicted molar refractivity (Wildman–Crippen MR) is 39.2 cm³/mol. The van der Waals surface area contributed by atoms with E-state index in [9.17, 15) is 0 Å². The summed E-state index contributed by atoms with van der Waals surface area (Å²) in [7, 11) is 0. The van der Waals surface area contributed by atoms with Crippen LogP contribution in [0.4, 0.5) is 0 Å². The van der Waals surface area contributed by atoms with Gasteiger partial charge in [0.15, 0.2) is 0 Å². The van der Waals surface area contributed by atoms with Crippen molar-refractivity contribution < 1.29 is 10.2 Å². The summed E-state index contributed by atoms with van der Waals surface area (Å²) in [5.41, 5.74) is 5.05. The topological polar surface area (TPSA) is 66.5 Å². The Morgan fingerprint density at radius 3 is 2.56 bits per heavy atom. The van der Waals surface area contributed by atoms with Crippen molar-refractivity contribution in [1.82, 2.24) is 0 Å². The van der Waals surface area contributed by atoms with Crippen molar-refractivity contribution in [2.45, 2.75) is 12.6 Å². The van der Waals surface area contributed by atoms with Gasteiger partial charge in [0.25, 0.3) is 0 Å². The SMILES string of the molecule is NC(O)CCSCCO. The fraction of sp³-hybridized carbons (Fsp3) is 1.00. The van der Waals surface area contributed by atoms with Gasteiger partial charge >= 0.3 is 0 Å². The van der Waals surface area contributed by atoms with Gasteiger partial charge in [-0.2, -0.15) is 11.8 Å². The summed E-state index contributed by atoms with van der Waals surface area (Å²) in [5, 5.41) is 16.9. The molecule has 9 heavy (non-hydrogen) atoms. The van der Waals surface area contributed by atoms with Gasteiger partial charge in [-0.15, -0.1) is 0 Å². The Bertz CT molecular complexity index is 60.9. The molecule has 0 fully saturated rings. The van der Waals surface area contributed by atoms with E-state index in [1.54, 1.807) is 11.8 Å². The molecule has 0 aliphatic carbocycles. The lowest BCUT2D eigenvalue weighted by atomic mass is 10.4. The van der Waals surface area contributed by atoms with Crippen molar-refractivity contribution in [2.75, 3.05) is 18.1 Å². The Balaban J connectivity index is 2.75. The molecule has 0 aromatic carbocycles. The molecular formula is C5H13NO2S. The quantitative estimate of drug-likeness (QED) is 0.362. The number of nitrogens with two attached hydrogens (primary N) is 1. The Hall–Kier alpha value is 0.230. The summed E-state index contributed by atoms with van der Waals surface area (Å²) < 4.78 is 0. The third kappa shape index (κ3) is 8.23. The van der Waals surface area contributed by atoms with Crippen LogP contribution in [0.2, 0.25) is 0 Å². The van der Waals surface area contributed by atoms with Gasteiger partial charge in [-0.05, 0) is 12.2 Å². The molecule has 0 rings (SSSR count). The number of aliphatic hydroxyl groups is 2. The molecule has 0 radical (unpaired) electrons. The third-order valence-electron chi connectivity index (χ3n) is 0.794. The summed E-state index contributed by atoms with van der Waals surface area (Å²) in [4.78, 5) is 0. The minimum Gasteiger partial charge on any atom is -0.396 e. The molecule has 3 nitrogen and oxygen atoms in total. The van der Waals surface area contributed by atoms with Gasteiger partial charge in [-0.1, -0.05) is 0 Å². The van der Waals surface area contributed by atoms with Gasteiger partial charge in [-0.25, -0.2) is 0 Å². The molecule has 56 valence electrons. The van der Waals surface area contributed by atoms with Crippen LogP contribution in [0.25, 0.3) is 0 Å². The zero-order valence-corrected chi connectivity index (χ0v) is 6.10. The monoisotopic (exact) mass is 151 g/mol. The number of aliphatic hydroxyl groups excluding tert-OH is 2. The summed E-state index contributed by atoms with van der Waals surface area (Å²) in [6.07, 6.45) is -0.0961. The molecule has 1 unspecified atom stereocenters. The van der Waals surface area contributed by atoms with E-state index in [0.29, 0.717) is 6.42 Å². The Morgan fingerprint density at radius 1 is 1.44 bits per heavy atom. The maximum Gasteiger partial charge on any atom is 0.103 e. The smallest absolute Gasteiger partial charge is 0.103 e. The maximum atomic E-state index is 8.55. The summed E-state index contributed by atoms with van der Waals surface area (Å²) in [6, 6.07) is 0. The number of hydrogen-bond acceptors (Lipinski definition) is 4. The molecule has 1 atom stereocenters. The number of thioether (sulfide) groups is 1. The van der Waals surface area contributed by atoms with E-state index in [1.165, 1.54) is 0 Å². The molecule has 0 aliphatic rings. The maximum absolute atomic E-state index is 8.55. The van der Waals surface area contributed by atoms with Crippen molar-refractivity contribution in [1.29, 1.82) is 0 Å². The molecule has 0 aromatic heterocycles. The van der Waals surface area contributed by atoms with Crippen LogP contribution < -0.4 is 5.73 Å². The molecule has 0 bridgehead atoms. The first-order valence-electron chi connectivity index (χ1n) is 2.89. The van der Waals surface area contributed by atoms with Crippen LogP contribution in [0.3, 0.4) is 0 Å². The molecule has 0 amide bonds. The highest BCUT2D eigenvalue weighted by Gasteiger charge is 1.93. The highest BCUT2D eigenvalue weighted by Crippen LogP contribution is 2.01. The standard InChI is InChI=1S/C5H13NO2S/c6-5(8)1-3-9-4-2-7/h5,7-8H,1-4,6H2. The fourth-order valence-electron chi connectivity index (χ4n) is 0.371. The first-order valence-corrected chi connectivity index (χ1v) is 4.05. The highest BCUT2D eigenvalue weighted by atomic mass is 32.2. The average molecular weight is 151 g/mol. The minimum atomic E-state index is -0.698. The van der Waals surface area contributed by atoms with Crippen molar-refractivity contribution in [3.8, 4) is 0 Å². The molecule has 4 N–H and O–H groups in total. The van der Waals surface area contributed by atoms with Crippen LogP contribution in [0.5, 0.6) is 0 Å². The molecule has 0 heterocycles. The number of hydrogen-bond donors (Lipinski definition) is 3. The lowest BCUT2D eigenvalue weighted by molar-refractivity contribution is 0.179. The molecule has 4 heteroatoms. The van der Waals surface area contributed by atoms with E-state index in [0.717, 1.165) is 11.5 Å². The van der Waals surface area contributed by atoms with Crippen molar-refractivity contribution in [2.24, 2.45) is 5.73 Å². The second-order valence-electron chi connectivity index (χ2n) is 1.69. The summed E-state index contributed by atoms with van der Waals surface area (Å²) in [5.74, 6) is 1.55. The van der Waals surface area contributed by atoms with Crippen LogP contribution in [0.15, 0.2) is 0 Å². The lowest BCUT2D eigenvalue weighted by Crippen LogP contribution is -2.19. The molecule has 0 saturated carbocycles. The van der Waals surface area contributed by atoms with Crippen LogP contribution in [-0.4, -0.2) is 34.6 Å². The van der Waals surface area contributed by atoms with Gasteiger partial charge in [0.05, 0.1) is 6.61 Å². The molecule has 0 saturated heterocycles. The van der Waals surface area contributed by atoms with Crippen molar-refractivity contribution >= 4 is 11.8 Å². The molecule has 0 aliphatic heterocycles. The first-order chi connectivity index (χ1) is 4.27. The first kappa shape index (κ1) is 9.23. The fourth-order valence-corrected chi connectivity index (χ4v) is 1.11.